The molecule has 2 aromatic rings. The van der Waals surface area contributed by atoms with Gasteiger partial charge in [-0.25, -0.2) is 4.98 Å². The lowest BCUT2D eigenvalue weighted by atomic mass is 10.1. The van der Waals surface area contributed by atoms with Gasteiger partial charge in [-0.05, 0) is 39.3 Å². The van der Waals surface area contributed by atoms with E-state index >= 15 is 0 Å². The first-order chi connectivity index (χ1) is 8.51. The van der Waals surface area contributed by atoms with Crippen molar-refractivity contribution in [2.75, 3.05) is 0 Å². The van der Waals surface area contributed by atoms with E-state index < -0.39 is 0 Å². The Balaban J connectivity index is 2.19. The molecule has 0 aliphatic heterocycles. The molecule has 2 rings (SSSR count). The van der Waals surface area contributed by atoms with Crippen LogP contribution in [-0.4, -0.2) is 4.98 Å². The highest BCUT2D eigenvalue weighted by Crippen LogP contribution is 2.29. The fraction of sp³-hybridized carbons (Fsp3) is 0.462. The largest absolute Gasteiger partial charge is 0.271 e. The van der Waals surface area contributed by atoms with Crippen LogP contribution in [0.2, 0.25) is 0 Å². The lowest BCUT2D eigenvalue weighted by molar-refractivity contribution is 0.559. The van der Waals surface area contributed by atoms with Crippen LogP contribution in [0.5, 0.6) is 0 Å². The van der Waals surface area contributed by atoms with Crippen molar-refractivity contribution in [1.82, 2.24) is 10.4 Å². The van der Waals surface area contributed by atoms with Gasteiger partial charge in [-0.3, -0.25) is 11.3 Å². The Bertz CT molecular complexity index is 503. The highest BCUT2D eigenvalue weighted by molar-refractivity contribution is 7.12. The minimum Gasteiger partial charge on any atom is -0.271 e. The molecule has 2 heterocycles. The zero-order chi connectivity index (χ0) is 13.3. The maximum Gasteiger partial charge on any atom is 0.0950 e. The van der Waals surface area contributed by atoms with Gasteiger partial charge >= 0.3 is 0 Å². The molecule has 0 amide bonds. The maximum absolute atomic E-state index is 5.69. The minimum absolute atomic E-state index is 0.160. The maximum atomic E-state index is 5.69. The Morgan fingerprint density at radius 1 is 1.22 bits per heavy atom. The van der Waals surface area contributed by atoms with Crippen LogP contribution in [0.1, 0.15) is 36.9 Å². The normalized spacial score (nSPS) is 12.9. The highest BCUT2D eigenvalue weighted by Gasteiger charge is 2.16. The third-order valence-electron chi connectivity index (χ3n) is 3.18. The highest BCUT2D eigenvalue weighted by atomic mass is 32.1. The molecule has 5 heteroatoms. The summed E-state index contributed by atoms with van der Waals surface area (Å²) in [6, 6.07) is 2.38. The molecule has 0 aliphatic rings. The summed E-state index contributed by atoms with van der Waals surface area (Å²) >= 11 is 3.57. The molecule has 1 unspecified atom stereocenters. The van der Waals surface area contributed by atoms with Crippen molar-refractivity contribution < 1.29 is 0 Å². The SMILES string of the molecule is Cc1cc(C(Cc2nc(C)c(C)s2)NN)sc1C. The zero-order valence-corrected chi connectivity index (χ0v) is 12.8. The Labute approximate surface area is 116 Å². The average Bonchev–Trinajstić information content (AvgIpc) is 2.80. The lowest BCUT2D eigenvalue weighted by Gasteiger charge is -2.12. The van der Waals surface area contributed by atoms with Gasteiger partial charge in [0.2, 0.25) is 0 Å². The molecule has 0 fully saturated rings. The third kappa shape index (κ3) is 2.80. The number of nitrogens with two attached hydrogens (primary N) is 1. The molecule has 98 valence electrons. The molecule has 0 radical (unpaired) electrons. The average molecular weight is 281 g/mol. The summed E-state index contributed by atoms with van der Waals surface area (Å²) in [7, 11) is 0. The van der Waals surface area contributed by atoms with Crippen molar-refractivity contribution in [2.24, 2.45) is 5.84 Å². The minimum atomic E-state index is 0.160. The van der Waals surface area contributed by atoms with E-state index in [1.807, 2.05) is 11.3 Å². The number of nitrogens with one attached hydrogen (secondary N) is 1. The van der Waals surface area contributed by atoms with Crippen LogP contribution < -0.4 is 11.3 Å². The van der Waals surface area contributed by atoms with E-state index in [4.69, 9.17) is 5.84 Å². The molecule has 0 aromatic carbocycles. The van der Waals surface area contributed by atoms with E-state index in [1.54, 1.807) is 11.3 Å². The lowest BCUT2D eigenvalue weighted by Crippen LogP contribution is -2.28. The van der Waals surface area contributed by atoms with Crippen LogP contribution in [0.4, 0.5) is 0 Å². The summed E-state index contributed by atoms with van der Waals surface area (Å²) in [5, 5.41) is 1.15. The summed E-state index contributed by atoms with van der Waals surface area (Å²) in [6.45, 7) is 8.45. The van der Waals surface area contributed by atoms with Gasteiger partial charge in [0.25, 0.3) is 0 Å². The van der Waals surface area contributed by atoms with Crippen LogP contribution in [0.15, 0.2) is 6.07 Å². The van der Waals surface area contributed by atoms with Gasteiger partial charge in [0.1, 0.15) is 0 Å². The quantitative estimate of drug-likeness (QED) is 0.668. The molecule has 3 nitrogen and oxygen atoms in total. The van der Waals surface area contributed by atoms with Gasteiger partial charge < -0.3 is 0 Å². The van der Waals surface area contributed by atoms with Gasteiger partial charge in [0, 0.05) is 21.1 Å². The monoisotopic (exact) mass is 281 g/mol. The predicted octanol–water partition coefficient (Wildman–Crippen LogP) is 3.19. The molecule has 2 aromatic heterocycles. The fourth-order valence-electron chi connectivity index (χ4n) is 1.82. The molecule has 0 aliphatic carbocycles. The van der Waals surface area contributed by atoms with Crippen molar-refractivity contribution in [3.63, 3.8) is 0 Å². The standard InChI is InChI=1S/C13H19N3S2/c1-7-5-12(17-9(7)3)11(16-14)6-13-15-8(2)10(4)18-13/h5,11,16H,6,14H2,1-4H3. The van der Waals surface area contributed by atoms with Gasteiger partial charge in [-0.1, -0.05) is 0 Å². The van der Waals surface area contributed by atoms with Crippen molar-refractivity contribution in [2.45, 2.75) is 40.2 Å². The number of thiophene rings is 1. The van der Waals surface area contributed by atoms with Gasteiger partial charge in [0.05, 0.1) is 16.7 Å². The van der Waals surface area contributed by atoms with Gasteiger partial charge in [-0.2, -0.15) is 0 Å². The van der Waals surface area contributed by atoms with Crippen molar-refractivity contribution in [3.05, 3.63) is 37.0 Å². The van der Waals surface area contributed by atoms with Crippen molar-refractivity contribution in [1.29, 1.82) is 0 Å². The van der Waals surface area contributed by atoms with Crippen molar-refractivity contribution >= 4 is 22.7 Å². The fourth-order valence-corrected chi connectivity index (χ4v) is 3.90. The van der Waals surface area contributed by atoms with E-state index in [-0.39, 0.29) is 6.04 Å². The predicted molar refractivity (Wildman–Crippen MR) is 79.1 cm³/mol. The number of rotatable bonds is 4. The number of aryl methyl sites for hydroxylation is 4. The molecular formula is C13H19N3S2. The van der Waals surface area contributed by atoms with Crippen LogP contribution in [0.3, 0.4) is 0 Å². The Morgan fingerprint density at radius 2 is 1.94 bits per heavy atom. The molecule has 18 heavy (non-hydrogen) atoms. The summed E-state index contributed by atoms with van der Waals surface area (Å²) < 4.78 is 0. The molecule has 1 atom stereocenters. The number of aromatic nitrogens is 1. The zero-order valence-electron chi connectivity index (χ0n) is 11.2. The second-order valence-electron chi connectivity index (χ2n) is 4.56. The number of thiazole rings is 1. The van der Waals surface area contributed by atoms with E-state index in [0.717, 1.165) is 17.1 Å². The van der Waals surface area contributed by atoms with Crippen molar-refractivity contribution in [3.8, 4) is 0 Å². The topological polar surface area (TPSA) is 50.9 Å². The summed E-state index contributed by atoms with van der Waals surface area (Å²) in [6.07, 6.45) is 0.856. The second kappa shape index (κ2) is 5.48. The number of hydrogen-bond donors (Lipinski definition) is 2. The first-order valence-electron chi connectivity index (χ1n) is 5.97. The molecular weight excluding hydrogens is 262 g/mol. The number of hydrazine groups is 1. The molecule has 0 saturated carbocycles. The molecule has 0 spiro atoms. The second-order valence-corrected chi connectivity index (χ2v) is 7.14. The first kappa shape index (κ1) is 13.7. The summed E-state index contributed by atoms with van der Waals surface area (Å²) in [4.78, 5) is 8.52. The van der Waals surface area contributed by atoms with Gasteiger partial charge in [-0.15, -0.1) is 22.7 Å². The van der Waals surface area contributed by atoms with Crippen LogP contribution in [-0.2, 0) is 6.42 Å². The Morgan fingerprint density at radius 3 is 2.39 bits per heavy atom. The van der Waals surface area contributed by atoms with Crippen LogP contribution in [0.25, 0.3) is 0 Å². The molecule has 3 N–H and O–H groups in total. The summed E-state index contributed by atoms with van der Waals surface area (Å²) in [5.74, 6) is 5.69. The van der Waals surface area contributed by atoms with E-state index in [0.29, 0.717) is 0 Å². The number of hydrogen-bond acceptors (Lipinski definition) is 5. The molecule has 0 saturated heterocycles. The van der Waals surface area contributed by atoms with E-state index in [1.165, 1.54) is 20.2 Å². The first-order valence-corrected chi connectivity index (χ1v) is 7.60. The van der Waals surface area contributed by atoms with Gasteiger partial charge in [0.15, 0.2) is 0 Å². The smallest absolute Gasteiger partial charge is 0.0950 e. The number of nitrogens with zero attached hydrogens (tertiary/aromatic N) is 1. The Kier molecular flexibility index (Phi) is 4.17. The Hall–Kier alpha value is -0.750. The van der Waals surface area contributed by atoms with E-state index in [2.05, 4.69) is 44.2 Å². The summed E-state index contributed by atoms with van der Waals surface area (Å²) in [5.41, 5.74) is 5.38. The third-order valence-corrected chi connectivity index (χ3v) is 5.54. The van der Waals surface area contributed by atoms with Crippen LogP contribution >= 0.6 is 22.7 Å². The van der Waals surface area contributed by atoms with E-state index in [9.17, 15) is 0 Å². The van der Waals surface area contributed by atoms with Crippen LogP contribution in [0, 0.1) is 27.7 Å². The molecule has 0 bridgehead atoms.